The third kappa shape index (κ3) is 2.71. The number of H-pyrrole nitrogens is 1. The number of hydrogen-bond acceptors (Lipinski definition) is 4. The van der Waals surface area contributed by atoms with Gasteiger partial charge < -0.3 is 4.90 Å². The van der Waals surface area contributed by atoms with E-state index in [1.807, 2.05) is 18.4 Å². The Hall–Kier alpha value is -1.69. The second-order valence-electron chi connectivity index (χ2n) is 3.88. The molecule has 2 aromatic heterocycles. The Morgan fingerprint density at radius 2 is 2.47 bits per heavy atom. The molecule has 0 fully saturated rings. The van der Waals surface area contributed by atoms with Crippen molar-refractivity contribution in [1.82, 2.24) is 20.1 Å². The molecule has 6 heteroatoms. The van der Waals surface area contributed by atoms with E-state index >= 15 is 0 Å². The monoisotopic (exact) mass is 250 g/mol. The van der Waals surface area contributed by atoms with E-state index in [1.165, 1.54) is 11.2 Å². The highest BCUT2D eigenvalue weighted by Gasteiger charge is 2.20. The maximum atomic E-state index is 12.0. The molecule has 2 aromatic rings. The van der Waals surface area contributed by atoms with E-state index in [-0.39, 0.29) is 17.8 Å². The number of nitrogens with one attached hydrogen (secondary N) is 1. The molecule has 0 aliphatic carbocycles. The van der Waals surface area contributed by atoms with Gasteiger partial charge in [0.1, 0.15) is 6.33 Å². The number of hydrogen-bond donors (Lipinski definition) is 1. The number of amides is 1. The second-order valence-corrected chi connectivity index (χ2v) is 4.91. The highest BCUT2D eigenvalue weighted by molar-refractivity contribution is 7.09. The zero-order chi connectivity index (χ0) is 12.3. The quantitative estimate of drug-likeness (QED) is 0.896. The van der Waals surface area contributed by atoms with E-state index in [0.29, 0.717) is 0 Å². The average molecular weight is 250 g/mol. The normalized spacial score (nSPS) is 12.4. The number of likely N-dealkylation sites (N-methyl/N-ethyl adjacent to an activating group) is 1. The maximum Gasteiger partial charge on any atom is 0.291 e. The van der Waals surface area contributed by atoms with Crippen molar-refractivity contribution in [2.24, 2.45) is 0 Å². The summed E-state index contributed by atoms with van der Waals surface area (Å²) in [5.41, 5.74) is 0. The Bertz CT molecular complexity index is 466. The van der Waals surface area contributed by atoms with Gasteiger partial charge in [0.05, 0.1) is 0 Å². The highest BCUT2D eigenvalue weighted by atomic mass is 32.1. The van der Waals surface area contributed by atoms with Crippen LogP contribution in [-0.4, -0.2) is 39.1 Å². The molecule has 17 heavy (non-hydrogen) atoms. The lowest BCUT2D eigenvalue weighted by Crippen LogP contribution is -2.36. The largest absolute Gasteiger partial charge is 0.336 e. The van der Waals surface area contributed by atoms with E-state index in [4.69, 9.17) is 0 Å². The van der Waals surface area contributed by atoms with Gasteiger partial charge in [0.2, 0.25) is 5.82 Å². The number of thiophene rings is 1. The summed E-state index contributed by atoms with van der Waals surface area (Å²) >= 11 is 1.70. The molecule has 1 atom stereocenters. The fraction of sp³-hybridized carbons (Fsp3) is 0.364. The molecule has 2 rings (SSSR count). The van der Waals surface area contributed by atoms with Gasteiger partial charge >= 0.3 is 0 Å². The second kappa shape index (κ2) is 5.09. The Morgan fingerprint density at radius 3 is 3.06 bits per heavy atom. The first-order valence-corrected chi connectivity index (χ1v) is 6.21. The molecule has 0 spiro atoms. The predicted molar refractivity (Wildman–Crippen MR) is 66.0 cm³/mol. The third-order valence-electron chi connectivity index (χ3n) is 2.68. The average Bonchev–Trinajstić information content (AvgIpc) is 2.99. The van der Waals surface area contributed by atoms with Gasteiger partial charge in [-0.25, -0.2) is 4.98 Å². The maximum absolute atomic E-state index is 12.0. The van der Waals surface area contributed by atoms with Crippen LogP contribution in [0.1, 0.15) is 22.4 Å². The molecule has 0 aliphatic rings. The summed E-state index contributed by atoms with van der Waals surface area (Å²) in [7, 11) is 1.78. The Morgan fingerprint density at radius 1 is 1.65 bits per heavy atom. The lowest BCUT2D eigenvalue weighted by molar-refractivity contribution is 0.0732. The summed E-state index contributed by atoms with van der Waals surface area (Å²) in [4.78, 5) is 18.8. The minimum Gasteiger partial charge on any atom is -0.336 e. The molecular formula is C11H14N4OS. The minimum absolute atomic E-state index is 0.131. The SMILES string of the molecule is CC(Cc1cccs1)N(C)C(=O)c1ncn[nH]1. The van der Waals surface area contributed by atoms with Crippen molar-refractivity contribution in [3.63, 3.8) is 0 Å². The third-order valence-corrected chi connectivity index (χ3v) is 3.57. The van der Waals surface area contributed by atoms with Crippen molar-refractivity contribution < 1.29 is 4.79 Å². The Balaban J connectivity index is 2.00. The summed E-state index contributed by atoms with van der Waals surface area (Å²) in [5.74, 6) is 0.150. The van der Waals surface area contributed by atoms with Crippen LogP contribution in [0.2, 0.25) is 0 Å². The van der Waals surface area contributed by atoms with Gasteiger partial charge in [-0.05, 0) is 18.4 Å². The topological polar surface area (TPSA) is 61.9 Å². The molecule has 0 aromatic carbocycles. The zero-order valence-corrected chi connectivity index (χ0v) is 10.6. The highest BCUT2D eigenvalue weighted by Crippen LogP contribution is 2.14. The minimum atomic E-state index is -0.133. The first kappa shape index (κ1) is 11.8. The molecule has 0 radical (unpaired) electrons. The predicted octanol–water partition coefficient (Wildman–Crippen LogP) is 1.57. The summed E-state index contributed by atoms with van der Waals surface area (Å²) in [6.07, 6.45) is 2.19. The first-order valence-electron chi connectivity index (χ1n) is 5.33. The van der Waals surface area contributed by atoms with Crippen LogP contribution in [0.4, 0.5) is 0 Å². The van der Waals surface area contributed by atoms with Crippen molar-refractivity contribution in [3.8, 4) is 0 Å². The molecule has 1 N–H and O–H groups in total. The van der Waals surface area contributed by atoms with Crippen LogP contribution < -0.4 is 0 Å². The molecular weight excluding hydrogens is 236 g/mol. The molecule has 2 heterocycles. The lowest BCUT2D eigenvalue weighted by Gasteiger charge is -2.23. The number of rotatable bonds is 4. The van der Waals surface area contributed by atoms with Gasteiger partial charge in [0.15, 0.2) is 0 Å². The van der Waals surface area contributed by atoms with Crippen LogP contribution in [0, 0.1) is 0 Å². The fourth-order valence-corrected chi connectivity index (χ4v) is 2.36. The van der Waals surface area contributed by atoms with Gasteiger partial charge in [-0.15, -0.1) is 11.3 Å². The lowest BCUT2D eigenvalue weighted by atomic mass is 10.2. The van der Waals surface area contributed by atoms with Crippen LogP contribution in [0.5, 0.6) is 0 Å². The molecule has 0 saturated heterocycles. The molecule has 5 nitrogen and oxygen atoms in total. The molecule has 1 unspecified atom stereocenters. The Kier molecular flexibility index (Phi) is 3.53. The van der Waals surface area contributed by atoms with Gasteiger partial charge in [-0.1, -0.05) is 6.07 Å². The zero-order valence-electron chi connectivity index (χ0n) is 9.75. The van der Waals surface area contributed by atoms with Gasteiger partial charge in [0.25, 0.3) is 5.91 Å². The van der Waals surface area contributed by atoms with Crippen LogP contribution in [0.15, 0.2) is 23.8 Å². The molecule has 0 saturated carbocycles. The van der Waals surface area contributed by atoms with E-state index < -0.39 is 0 Å². The van der Waals surface area contributed by atoms with Crippen molar-refractivity contribution in [1.29, 1.82) is 0 Å². The number of carbonyl (C=O) groups is 1. The first-order chi connectivity index (χ1) is 8.18. The van der Waals surface area contributed by atoms with E-state index in [2.05, 4.69) is 21.2 Å². The summed E-state index contributed by atoms with van der Waals surface area (Å²) in [6, 6.07) is 4.23. The van der Waals surface area contributed by atoms with Crippen LogP contribution in [0.3, 0.4) is 0 Å². The molecule has 90 valence electrons. The van der Waals surface area contributed by atoms with Crippen molar-refractivity contribution >= 4 is 17.2 Å². The number of carbonyl (C=O) groups excluding carboxylic acids is 1. The van der Waals surface area contributed by atoms with Gasteiger partial charge in [-0.3, -0.25) is 9.89 Å². The van der Waals surface area contributed by atoms with Crippen LogP contribution in [0.25, 0.3) is 0 Å². The standard InChI is InChI=1S/C11H14N4OS/c1-8(6-9-4-3-5-17-9)15(2)11(16)10-12-7-13-14-10/h3-5,7-8H,6H2,1-2H3,(H,12,13,14). The fourth-order valence-electron chi connectivity index (χ4n) is 1.53. The number of aromatic nitrogens is 3. The Labute approximate surface area is 103 Å². The summed E-state index contributed by atoms with van der Waals surface area (Å²) in [6.45, 7) is 2.02. The van der Waals surface area contributed by atoms with Crippen LogP contribution in [-0.2, 0) is 6.42 Å². The number of nitrogens with zero attached hydrogens (tertiary/aromatic N) is 3. The van der Waals surface area contributed by atoms with E-state index in [0.717, 1.165) is 6.42 Å². The van der Waals surface area contributed by atoms with Crippen molar-refractivity contribution in [2.45, 2.75) is 19.4 Å². The van der Waals surface area contributed by atoms with Crippen molar-refractivity contribution in [2.75, 3.05) is 7.05 Å². The van der Waals surface area contributed by atoms with Crippen molar-refractivity contribution in [3.05, 3.63) is 34.5 Å². The van der Waals surface area contributed by atoms with Gasteiger partial charge in [0, 0.05) is 24.4 Å². The van der Waals surface area contributed by atoms with E-state index in [1.54, 1.807) is 23.3 Å². The summed E-state index contributed by atoms with van der Waals surface area (Å²) in [5, 5.41) is 8.30. The molecule has 1 amide bonds. The molecule has 0 aliphatic heterocycles. The molecule has 0 bridgehead atoms. The van der Waals surface area contributed by atoms with Crippen LogP contribution >= 0.6 is 11.3 Å². The summed E-state index contributed by atoms with van der Waals surface area (Å²) < 4.78 is 0. The smallest absolute Gasteiger partial charge is 0.291 e. The number of aromatic amines is 1. The van der Waals surface area contributed by atoms with E-state index in [9.17, 15) is 4.79 Å². The van der Waals surface area contributed by atoms with Gasteiger partial charge in [-0.2, -0.15) is 5.10 Å².